The van der Waals surface area contributed by atoms with Gasteiger partial charge in [0.05, 0.1) is 21.5 Å². The molecule has 1 rings (SSSR count). The lowest BCUT2D eigenvalue weighted by Gasteiger charge is -2.10. The molecule has 0 saturated carbocycles. The molecule has 0 radical (unpaired) electrons. The predicted octanol–water partition coefficient (Wildman–Crippen LogP) is 3.37. The van der Waals surface area contributed by atoms with Crippen LogP contribution >= 0.6 is 21.8 Å². The molecule has 0 heterocycles. The first-order chi connectivity index (χ1) is 11.2. The van der Waals surface area contributed by atoms with E-state index >= 15 is 0 Å². The van der Waals surface area contributed by atoms with Crippen molar-refractivity contribution in [3.63, 3.8) is 0 Å². The highest BCUT2D eigenvalue weighted by Gasteiger charge is 2.35. The fourth-order valence-corrected chi connectivity index (χ4v) is 3.30. The van der Waals surface area contributed by atoms with Gasteiger partial charge in [0.1, 0.15) is 0 Å². The summed E-state index contributed by atoms with van der Waals surface area (Å²) < 4.78 is 2.36. The summed E-state index contributed by atoms with van der Waals surface area (Å²) in [6, 6.07) is 2.62. The maximum Gasteiger partial charge on any atom is 0.293 e. The number of nitro groups is 2. The van der Waals surface area contributed by atoms with Crippen molar-refractivity contribution >= 4 is 39.1 Å². The molecular formula is C13H14N4O5S2. The zero-order valence-electron chi connectivity index (χ0n) is 13.1. The number of amides is 1. The molecule has 0 atom stereocenters. The Bertz CT molecular complexity index is 730. The Morgan fingerprint density at radius 1 is 1.38 bits per heavy atom. The van der Waals surface area contributed by atoms with Gasteiger partial charge in [0.15, 0.2) is 5.56 Å². The lowest BCUT2D eigenvalue weighted by atomic mass is 9.97. The molecule has 1 N–H and O–H groups in total. The van der Waals surface area contributed by atoms with E-state index in [0.717, 1.165) is 17.0 Å². The third-order valence-corrected chi connectivity index (χ3v) is 5.28. The van der Waals surface area contributed by atoms with Gasteiger partial charge in [-0.3, -0.25) is 29.7 Å². The van der Waals surface area contributed by atoms with Crippen LogP contribution in [0.25, 0.3) is 0 Å². The summed E-state index contributed by atoms with van der Waals surface area (Å²) in [5.41, 5.74) is -2.28. The minimum Gasteiger partial charge on any atom is -0.286 e. The van der Waals surface area contributed by atoms with E-state index in [9.17, 15) is 25.0 Å². The number of nitriles is 1. The largest absolute Gasteiger partial charge is 0.293 e. The number of hydrogen-bond donors (Lipinski definition) is 1. The SMILES string of the molecule is CCc1c(C#N)cc([N+](=O)[O-])c(C(=O)NSSC(C)C)c1[N+](=O)[O-]. The van der Waals surface area contributed by atoms with Gasteiger partial charge < -0.3 is 0 Å². The third kappa shape index (κ3) is 4.36. The van der Waals surface area contributed by atoms with Crippen molar-refractivity contribution in [1.82, 2.24) is 4.72 Å². The number of benzene rings is 1. The number of carbonyl (C=O) groups excluding carboxylic acids is 1. The van der Waals surface area contributed by atoms with Crippen molar-refractivity contribution in [2.45, 2.75) is 32.4 Å². The molecule has 1 amide bonds. The Morgan fingerprint density at radius 2 is 2.00 bits per heavy atom. The molecule has 11 heteroatoms. The summed E-state index contributed by atoms with van der Waals surface area (Å²) in [6.45, 7) is 5.33. The van der Waals surface area contributed by atoms with Gasteiger partial charge in [-0.15, -0.1) is 0 Å². The maximum absolute atomic E-state index is 12.3. The average Bonchev–Trinajstić information content (AvgIpc) is 2.51. The molecule has 128 valence electrons. The minimum atomic E-state index is -0.939. The lowest BCUT2D eigenvalue weighted by molar-refractivity contribution is -0.395. The second-order valence-corrected chi connectivity index (χ2v) is 7.37. The van der Waals surface area contributed by atoms with Crippen molar-refractivity contribution in [2.24, 2.45) is 0 Å². The van der Waals surface area contributed by atoms with Crippen LogP contribution in [-0.2, 0) is 6.42 Å². The Labute approximate surface area is 145 Å². The normalized spacial score (nSPS) is 10.3. The van der Waals surface area contributed by atoms with E-state index in [1.165, 1.54) is 10.8 Å². The molecule has 0 aliphatic carbocycles. The first-order valence-electron chi connectivity index (χ1n) is 6.75. The summed E-state index contributed by atoms with van der Waals surface area (Å²) in [5.74, 6) is -0.939. The molecule has 1 aromatic carbocycles. The second kappa shape index (κ2) is 8.51. The van der Waals surface area contributed by atoms with Gasteiger partial charge in [-0.25, -0.2) is 0 Å². The Balaban J connectivity index is 3.55. The molecule has 0 fully saturated rings. The van der Waals surface area contributed by atoms with Crippen LogP contribution in [0.5, 0.6) is 0 Å². The van der Waals surface area contributed by atoms with Crippen LogP contribution in [0.4, 0.5) is 11.4 Å². The molecule has 0 saturated heterocycles. The monoisotopic (exact) mass is 370 g/mol. The number of rotatable bonds is 7. The molecule has 9 nitrogen and oxygen atoms in total. The lowest BCUT2D eigenvalue weighted by Crippen LogP contribution is -2.20. The highest BCUT2D eigenvalue weighted by Crippen LogP contribution is 2.36. The van der Waals surface area contributed by atoms with Crippen molar-refractivity contribution in [3.05, 3.63) is 43.0 Å². The summed E-state index contributed by atoms with van der Waals surface area (Å²) in [6.07, 6.45) is 0.0887. The molecule has 0 unspecified atom stereocenters. The molecule has 1 aromatic rings. The Hall–Kier alpha value is -2.32. The minimum absolute atomic E-state index is 0.000220. The number of hydrogen-bond acceptors (Lipinski definition) is 8. The fraction of sp³-hybridized carbons (Fsp3) is 0.385. The van der Waals surface area contributed by atoms with Gasteiger partial charge in [0, 0.05) is 27.9 Å². The maximum atomic E-state index is 12.3. The second-order valence-electron chi connectivity index (χ2n) is 4.78. The van der Waals surface area contributed by atoms with Crippen LogP contribution in [0.3, 0.4) is 0 Å². The molecular weight excluding hydrogens is 356 g/mol. The van der Waals surface area contributed by atoms with Gasteiger partial charge >= 0.3 is 0 Å². The average molecular weight is 370 g/mol. The summed E-state index contributed by atoms with van der Waals surface area (Å²) >= 11 is 0. The van der Waals surface area contributed by atoms with Crippen LogP contribution in [0.2, 0.25) is 0 Å². The summed E-state index contributed by atoms with van der Waals surface area (Å²) in [5, 5.41) is 31.9. The number of nitrogens with zero attached hydrogens (tertiary/aromatic N) is 3. The van der Waals surface area contributed by atoms with Crippen LogP contribution in [-0.4, -0.2) is 21.0 Å². The van der Waals surface area contributed by atoms with Crippen molar-refractivity contribution in [2.75, 3.05) is 0 Å². The third-order valence-electron chi connectivity index (χ3n) is 2.84. The number of nitro benzene ring substituents is 2. The zero-order chi connectivity index (χ0) is 18.4. The van der Waals surface area contributed by atoms with E-state index in [1.54, 1.807) is 13.0 Å². The van der Waals surface area contributed by atoms with Gasteiger partial charge in [-0.2, -0.15) is 5.26 Å². The van der Waals surface area contributed by atoms with E-state index in [4.69, 9.17) is 5.26 Å². The molecule has 24 heavy (non-hydrogen) atoms. The van der Waals surface area contributed by atoms with Crippen molar-refractivity contribution in [3.8, 4) is 6.07 Å². The van der Waals surface area contributed by atoms with Crippen LogP contribution < -0.4 is 4.72 Å². The Kier molecular flexibility index (Phi) is 6.99. The number of carbonyl (C=O) groups is 1. The first-order valence-corrected chi connectivity index (χ1v) is 8.97. The molecule has 0 spiro atoms. The standard InChI is InChI=1S/C13H14N4O5S2/c1-4-9-8(6-14)5-10(16(19)20)11(12(9)17(21)22)13(18)15-24-23-7(2)3/h5,7H,4H2,1-3H3,(H,15,18). The summed E-state index contributed by atoms with van der Waals surface area (Å²) in [7, 11) is 2.23. The smallest absolute Gasteiger partial charge is 0.286 e. The van der Waals surface area contributed by atoms with Crippen molar-refractivity contribution in [1.29, 1.82) is 5.26 Å². The van der Waals surface area contributed by atoms with Crippen LogP contribution in [0, 0.1) is 31.6 Å². The predicted molar refractivity (Wildman–Crippen MR) is 91.6 cm³/mol. The van der Waals surface area contributed by atoms with E-state index in [2.05, 4.69) is 4.72 Å². The van der Waals surface area contributed by atoms with Crippen LogP contribution in [0.1, 0.15) is 42.3 Å². The van der Waals surface area contributed by atoms with E-state index in [1.807, 2.05) is 13.8 Å². The van der Waals surface area contributed by atoms with Crippen molar-refractivity contribution < 1.29 is 14.6 Å². The quantitative estimate of drug-likeness (QED) is 0.333. The first kappa shape index (κ1) is 19.7. The van der Waals surface area contributed by atoms with E-state index < -0.39 is 32.7 Å². The van der Waals surface area contributed by atoms with Crippen LogP contribution in [0.15, 0.2) is 6.07 Å². The highest BCUT2D eigenvalue weighted by atomic mass is 33.1. The zero-order valence-corrected chi connectivity index (χ0v) is 14.7. The fourth-order valence-electron chi connectivity index (χ4n) is 1.93. The molecule has 0 aromatic heterocycles. The van der Waals surface area contributed by atoms with Gasteiger partial charge in [-0.1, -0.05) is 31.6 Å². The number of nitrogens with one attached hydrogen (secondary N) is 1. The van der Waals surface area contributed by atoms with Gasteiger partial charge in [0.25, 0.3) is 17.3 Å². The van der Waals surface area contributed by atoms with E-state index in [0.29, 0.717) is 0 Å². The molecule has 0 bridgehead atoms. The highest BCUT2D eigenvalue weighted by molar-refractivity contribution is 8.76. The van der Waals surface area contributed by atoms with Gasteiger partial charge in [-0.05, 0) is 6.42 Å². The van der Waals surface area contributed by atoms with E-state index in [-0.39, 0.29) is 22.8 Å². The van der Waals surface area contributed by atoms with Gasteiger partial charge in [0.2, 0.25) is 0 Å². The molecule has 0 aliphatic heterocycles. The Morgan fingerprint density at radius 3 is 2.42 bits per heavy atom. The molecule has 0 aliphatic rings. The topological polar surface area (TPSA) is 139 Å². The summed E-state index contributed by atoms with van der Waals surface area (Å²) in [4.78, 5) is 33.2.